The van der Waals surface area contributed by atoms with Crippen LogP contribution in [0.1, 0.15) is 51.9 Å². The Hall–Kier alpha value is -1.41. The summed E-state index contributed by atoms with van der Waals surface area (Å²) >= 11 is 0. The second kappa shape index (κ2) is 9.39. The molecular weight excluding hydrogens is 387 g/mol. The third kappa shape index (κ3) is 4.59. The lowest BCUT2D eigenvalue weighted by Crippen LogP contribution is -2.55. The number of piperazine rings is 1. The number of carbonyl (C=O) groups excluding carboxylic acids is 2. The number of alkyl halides is 1. The van der Waals surface area contributed by atoms with E-state index in [0.717, 1.165) is 45.2 Å². The first kappa shape index (κ1) is 21.8. The molecule has 2 aliphatic heterocycles. The van der Waals surface area contributed by atoms with Gasteiger partial charge in [0.1, 0.15) is 6.17 Å². The van der Waals surface area contributed by atoms with E-state index in [0.29, 0.717) is 37.9 Å². The van der Waals surface area contributed by atoms with E-state index in [-0.39, 0.29) is 36.0 Å². The summed E-state index contributed by atoms with van der Waals surface area (Å²) in [6.07, 6.45) is 5.31. The SMILES string of the molecule is COC(=O)N1CCN(C2CCCC(NC(=O)C3CC4C(F)CCC(C)C4N3)C2)CC1. The van der Waals surface area contributed by atoms with E-state index in [9.17, 15) is 14.0 Å². The van der Waals surface area contributed by atoms with Crippen molar-refractivity contribution in [2.24, 2.45) is 11.8 Å². The van der Waals surface area contributed by atoms with Gasteiger partial charge in [0.25, 0.3) is 0 Å². The Bertz CT molecular complexity index is 610. The highest BCUT2D eigenvalue weighted by Gasteiger charge is 2.46. The average molecular weight is 425 g/mol. The van der Waals surface area contributed by atoms with Crippen LogP contribution in [0.15, 0.2) is 0 Å². The molecule has 2 N–H and O–H groups in total. The molecule has 2 saturated heterocycles. The number of ether oxygens (including phenoxy) is 1. The fourth-order valence-electron chi connectivity index (χ4n) is 6.13. The number of amides is 2. The van der Waals surface area contributed by atoms with Crippen LogP contribution in [0.25, 0.3) is 0 Å². The lowest BCUT2D eigenvalue weighted by molar-refractivity contribution is -0.124. The van der Waals surface area contributed by atoms with E-state index >= 15 is 0 Å². The minimum atomic E-state index is -0.779. The van der Waals surface area contributed by atoms with Crippen LogP contribution in [0.4, 0.5) is 9.18 Å². The first-order chi connectivity index (χ1) is 14.5. The van der Waals surface area contributed by atoms with Gasteiger partial charge in [-0.25, -0.2) is 9.18 Å². The monoisotopic (exact) mass is 424 g/mol. The van der Waals surface area contributed by atoms with Crippen LogP contribution in [0.3, 0.4) is 0 Å². The summed E-state index contributed by atoms with van der Waals surface area (Å²) in [6.45, 7) is 5.26. The molecule has 7 unspecified atom stereocenters. The van der Waals surface area contributed by atoms with Gasteiger partial charge in [0.05, 0.1) is 13.2 Å². The average Bonchev–Trinajstić information content (AvgIpc) is 3.23. The van der Waals surface area contributed by atoms with Crippen LogP contribution in [0, 0.1) is 11.8 Å². The molecule has 0 aromatic heterocycles. The number of rotatable bonds is 3. The Morgan fingerprint density at radius 1 is 1.07 bits per heavy atom. The number of nitrogens with zero attached hydrogens (tertiary/aromatic N) is 2. The number of fused-ring (bicyclic) bond motifs is 1. The van der Waals surface area contributed by atoms with Crippen molar-refractivity contribution >= 4 is 12.0 Å². The molecule has 8 heteroatoms. The van der Waals surface area contributed by atoms with Crippen LogP contribution in [-0.2, 0) is 9.53 Å². The molecule has 30 heavy (non-hydrogen) atoms. The van der Waals surface area contributed by atoms with Crippen LogP contribution in [0.2, 0.25) is 0 Å². The largest absolute Gasteiger partial charge is 0.453 e. The summed E-state index contributed by atoms with van der Waals surface area (Å²) in [6, 6.07) is 0.494. The molecule has 0 radical (unpaired) electrons. The lowest BCUT2D eigenvalue weighted by Gasteiger charge is -2.42. The van der Waals surface area contributed by atoms with Gasteiger partial charge in [0, 0.05) is 50.2 Å². The van der Waals surface area contributed by atoms with E-state index in [4.69, 9.17) is 4.74 Å². The van der Waals surface area contributed by atoms with E-state index in [1.54, 1.807) is 4.90 Å². The summed E-state index contributed by atoms with van der Waals surface area (Å²) in [5, 5.41) is 6.72. The summed E-state index contributed by atoms with van der Waals surface area (Å²) in [7, 11) is 1.42. The second-order valence-corrected chi connectivity index (χ2v) is 9.73. The molecule has 2 amide bonds. The molecule has 2 heterocycles. The number of hydrogen-bond acceptors (Lipinski definition) is 5. The molecule has 4 aliphatic rings. The standard InChI is InChI=1S/C22H37FN4O3/c1-14-6-7-18(23)17-13-19(25-20(14)17)21(28)24-15-4-3-5-16(12-15)26-8-10-27(11-9-26)22(29)30-2/h14-20,25H,3-13H2,1-2H3,(H,24,28). The maximum absolute atomic E-state index is 14.4. The van der Waals surface area contributed by atoms with E-state index < -0.39 is 6.17 Å². The highest BCUT2D eigenvalue weighted by atomic mass is 19.1. The highest BCUT2D eigenvalue weighted by Crippen LogP contribution is 2.38. The Morgan fingerprint density at radius 3 is 2.53 bits per heavy atom. The predicted molar refractivity (Wildman–Crippen MR) is 112 cm³/mol. The van der Waals surface area contributed by atoms with Gasteiger partial charge >= 0.3 is 6.09 Å². The van der Waals surface area contributed by atoms with Crippen LogP contribution < -0.4 is 10.6 Å². The maximum atomic E-state index is 14.4. The second-order valence-electron chi connectivity index (χ2n) is 9.73. The molecule has 2 saturated carbocycles. The maximum Gasteiger partial charge on any atom is 0.409 e. The van der Waals surface area contributed by atoms with Crippen LogP contribution >= 0.6 is 0 Å². The van der Waals surface area contributed by atoms with Crippen molar-refractivity contribution in [3.63, 3.8) is 0 Å². The summed E-state index contributed by atoms with van der Waals surface area (Å²) in [4.78, 5) is 28.8. The predicted octanol–water partition coefficient (Wildman–Crippen LogP) is 1.91. The number of halogens is 1. The first-order valence-corrected chi connectivity index (χ1v) is 11.7. The zero-order valence-corrected chi connectivity index (χ0v) is 18.3. The van der Waals surface area contributed by atoms with Crippen molar-refractivity contribution in [2.75, 3.05) is 33.3 Å². The molecule has 4 fully saturated rings. The van der Waals surface area contributed by atoms with Crippen molar-refractivity contribution in [1.29, 1.82) is 0 Å². The Morgan fingerprint density at radius 2 is 1.83 bits per heavy atom. The lowest BCUT2D eigenvalue weighted by atomic mass is 9.77. The van der Waals surface area contributed by atoms with Crippen molar-refractivity contribution in [3.8, 4) is 0 Å². The number of hydrogen-bond donors (Lipinski definition) is 2. The van der Waals surface area contributed by atoms with Gasteiger partial charge in [-0.05, 0) is 50.9 Å². The third-order valence-electron chi connectivity index (χ3n) is 7.91. The molecule has 0 bridgehead atoms. The normalized spacial score (nSPS) is 40.0. The van der Waals surface area contributed by atoms with Crippen LogP contribution in [-0.4, -0.2) is 85.4 Å². The highest BCUT2D eigenvalue weighted by molar-refractivity contribution is 5.82. The molecule has 4 rings (SSSR count). The smallest absolute Gasteiger partial charge is 0.409 e. The molecule has 0 aromatic carbocycles. The quantitative estimate of drug-likeness (QED) is 0.724. The Kier molecular flexibility index (Phi) is 6.82. The number of nitrogens with one attached hydrogen (secondary N) is 2. The summed E-state index contributed by atoms with van der Waals surface area (Å²) in [5.74, 6) is 0.460. The van der Waals surface area contributed by atoms with Crippen LogP contribution in [0.5, 0.6) is 0 Å². The topological polar surface area (TPSA) is 73.9 Å². The van der Waals surface area contributed by atoms with Gasteiger partial charge in [-0.1, -0.05) is 6.92 Å². The minimum absolute atomic E-state index is 0.0188. The van der Waals surface area contributed by atoms with Gasteiger partial charge in [-0.3, -0.25) is 9.69 Å². The first-order valence-electron chi connectivity index (χ1n) is 11.7. The van der Waals surface area contributed by atoms with Gasteiger partial charge in [0.2, 0.25) is 5.91 Å². The van der Waals surface area contributed by atoms with Gasteiger partial charge in [0.15, 0.2) is 0 Å². The van der Waals surface area contributed by atoms with Crippen molar-refractivity contribution < 1.29 is 18.7 Å². The molecule has 0 aromatic rings. The fraction of sp³-hybridized carbons (Fsp3) is 0.909. The van der Waals surface area contributed by atoms with Gasteiger partial charge in [-0.2, -0.15) is 0 Å². The molecule has 2 aliphatic carbocycles. The van der Waals surface area contributed by atoms with E-state index in [1.807, 2.05) is 0 Å². The van der Waals surface area contributed by atoms with Crippen molar-refractivity contribution in [3.05, 3.63) is 0 Å². The van der Waals surface area contributed by atoms with Gasteiger partial charge < -0.3 is 20.3 Å². The zero-order valence-electron chi connectivity index (χ0n) is 18.3. The minimum Gasteiger partial charge on any atom is -0.453 e. The molecule has 0 spiro atoms. The van der Waals surface area contributed by atoms with E-state index in [1.165, 1.54) is 7.11 Å². The number of carbonyl (C=O) groups is 2. The molecule has 170 valence electrons. The molecule has 7 atom stereocenters. The van der Waals surface area contributed by atoms with Crippen molar-refractivity contribution in [2.45, 2.75) is 82.2 Å². The number of methoxy groups -OCH3 is 1. The van der Waals surface area contributed by atoms with E-state index in [2.05, 4.69) is 22.5 Å². The fourth-order valence-corrected chi connectivity index (χ4v) is 6.13. The molecular formula is C22H37FN4O3. The third-order valence-corrected chi connectivity index (χ3v) is 7.91. The summed E-state index contributed by atoms with van der Waals surface area (Å²) < 4.78 is 19.2. The Labute approximate surface area is 179 Å². The van der Waals surface area contributed by atoms with Gasteiger partial charge in [-0.15, -0.1) is 0 Å². The summed E-state index contributed by atoms with van der Waals surface area (Å²) in [5.41, 5.74) is 0. The van der Waals surface area contributed by atoms with Crippen molar-refractivity contribution in [1.82, 2.24) is 20.4 Å². The molecule has 7 nitrogen and oxygen atoms in total. The zero-order chi connectivity index (χ0) is 21.3. The Balaban J connectivity index is 1.26.